The zero-order chi connectivity index (χ0) is 21.6. The minimum atomic E-state index is -3.79. The van der Waals surface area contributed by atoms with E-state index in [0.29, 0.717) is 17.2 Å². The molecule has 10 heteroatoms. The Morgan fingerprint density at radius 1 is 1.07 bits per heavy atom. The number of hydrogen-bond donors (Lipinski definition) is 2. The monoisotopic (exact) mass is 447 g/mol. The Morgan fingerprint density at radius 2 is 1.80 bits per heavy atom. The highest BCUT2D eigenvalue weighted by Gasteiger charge is 2.17. The molecule has 2 N–H and O–H groups in total. The van der Waals surface area contributed by atoms with Crippen molar-refractivity contribution in [2.75, 3.05) is 26.1 Å². The van der Waals surface area contributed by atoms with Gasteiger partial charge in [0.1, 0.15) is 5.01 Å². The predicted molar refractivity (Wildman–Crippen MR) is 116 cm³/mol. The van der Waals surface area contributed by atoms with Crippen LogP contribution in [0.1, 0.15) is 6.42 Å². The zero-order valence-corrected chi connectivity index (χ0v) is 18.0. The van der Waals surface area contributed by atoms with E-state index >= 15 is 0 Å². The molecular weight excluding hydrogens is 426 g/mol. The lowest BCUT2D eigenvalue weighted by atomic mass is 10.2. The summed E-state index contributed by atoms with van der Waals surface area (Å²) in [5, 5.41) is 5.54. The number of hydrogen-bond acceptors (Lipinski definition) is 7. The van der Waals surface area contributed by atoms with Crippen molar-refractivity contribution in [2.45, 2.75) is 11.3 Å². The lowest BCUT2D eigenvalue weighted by Crippen LogP contribution is -2.27. The molecule has 8 nitrogen and oxygen atoms in total. The predicted octanol–water partition coefficient (Wildman–Crippen LogP) is 3.13. The first kappa shape index (κ1) is 21.8. The van der Waals surface area contributed by atoms with E-state index in [0.717, 1.165) is 10.6 Å². The Bertz CT molecular complexity index is 1100. The van der Waals surface area contributed by atoms with Crippen LogP contribution in [0.3, 0.4) is 0 Å². The van der Waals surface area contributed by atoms with E-state index in [-0.39, 0.29) is 23.8 Å². The molecule has 0 aliphatic rings. The number of sulfonamides is 1. The number of ether oxygens (including phenoxy) is 2. The highest BCUT2D eigenvalue weighted by molar-refractivity contribution is 7.89. The Morgan fingerprint density at radius 3 is 2.43 bits per heavy atom. The molecule has 1 amide bonds. The van der Waals surface area contributed by atoms with Crippen LogP contribution in [0.2, 0.25) is 0 Å². The summed E-state index contributed by atoms with van der Waals surface area (Å²) < 4.78 is 37.5. The summed E-state index contributed by atoms with van der Waals surface area (Å²) in [5.74, 6) is 0.433. The van der Waals surface area contributed by atoms with Crippen molar-refractivity contribution in [1.82, 2.24) is 9.71 Å². The van der Waals surface area contributed by atoms with E-state index in [2.05, 4.69) is 15.0 Å². The second kappa shape index (κ2) is 9.70. The number of amides is 1. The minimum absolute atomic E-state index is 0.0131. The zero-order valence-electron chi connectivity index (χ0n) is 16.4. The number of thiazole rings is 1. The smallest absolute Gasteiger partial charge is 0.240 e. The van der Waals surface area contributed by atoms with Crippen LogP contribution in [0.4, 0.5) is 5.69 Å². The molecule has 0 aliphatic heterocycles. The lowest BCUT2D eigenvalue weighted by molar-refractivity contribution is -0.116. The Hall–Kier alpha value is -2.95. The third-order valence-electron chi connectivity index (χ3n) is 4.16. The molecule has 3 aromatic rings. The van der Waals surface area contributed by atoms with Gasteiger partial charge in [-0.2, -0.15) is 0 Å². The summed E-state index contributed by atoms with van der Waals surface area (Å²) in [6.45, 7) is -0.0420. The van der Waals surface area contributed by atoms with E-state index in [1.807, 2.05) is 17.5 Å². The first-order valence-electron chi connectivity index (χ1n) is 8.94. The first-order valence-corrected chi connectivity index (χ1v) is 11.3. The number of nitrogens with one attached hydrogen (secondary N) is 2. The Labute approximate surface area is 178 Å². The SMILES string of the molecule is COc1ccc(S(=O)(=O)NCCC(=O)Nc2ccc(-c3nccs3)cc2)cc1OC. The molecule has 1 heterocycles. The standard InChI is InChI=1S/C20H21N3O5S2/c1-27-17-8-7-16(13-18(17)28-2)30(25,26)22-10-9-19(24)23-15-5-3-14(4-6-15)20-21-11-12-29-20/h3-8,11-13,22H,9-10H2,1-2H3,(H,23,24). The normalized spacial score (nSPS) is 11.1. The third-order valence-corrected chi connectivity index (χ3v) is 6.44. The molecule has 0 aliphatic carbocycles. The fourth-order valence-corrected chi connectivity index (χ4v) is 4.34. The summed E-state index contributed by atoms with van der Waals surface area (Å²) in [7, 11) is -0.895. The quantitative estimate of drug-likeness (QED) is 0.522. The molecule has 0 saturated heterocycles. The topological polar surface area (TPSA) is 107 Å². The molecule has 3 rings (SSSR count). The van der Waals surface area contributed by atoms with Crippen molar-refractivity contribution in [3.63, 3.8) is 0 Å². The van der Waals surface area contributed by atoms with Crippen LogP contribution in [0.15, 0.2) is 58.9 Å². The van der Waals surface area contributed by atoms with Crippen molar-refractivity contribution in [1.29, 1.82) is 0 Å². The van der Waals surface area contributed by atoms with Crippen LogP contribution in [0.25, 0.3) is 10.6 Å². The Balaban J connectivity index is 1.53. The number of carbonyl (C=O) groups is 1. The highest BCUT2D eigenvalue weighted by atomic mass is 32.2. The molecule has 2 aromatic carbocycles. The summed E-state index contributed by atoms with van der Waals surface area (Å²) in [6, 6.07) is 11.6. The van der Waals surface area contributed by atoms with Gasteiger partial charge in [0.2, 0.25) is 15.9 Å². The largest absolute Gasteiger partial charge is 0.493 e. The van der Waals surface area contributed by atoms with Gasteiger partial charge in [-0.1, -0.05) is 0 Å². The fourth-order valence-electron chi connectivity index (χ4n) is 2.65. The average Bonchev–Trinajstić information content (AvgIpc) is 3.28. The number of anilines is 1. The van der Waals surface area contributed by atoms with Gasteiger partial charge in [0.05, 0.1) is 19.1 Å². The third kappa shape index (κ3) is 5.35. The van der Waals surface area contributed by atoms with Crippen LogP contribution in [0.5, 0.6) is 11.5 Å². The number of aromatic nitrogens is 1. The maximum atomic E-state index is 12.4. The van der Waals surface area contributed by atoms with Gasteiger partial charge in [0.15, 0.2) is 11.5 Å². The number of rotatable bonds is 9. The molecule has 1 aromatic heterocycles. The summed E-state index contributed by atoms with van der Waals surface area (Å²) in [6.07, 6.45) is 1.72. The molecule has 30 heavy (non-hydrogen) atoms. The second-order valence-electron chi connectivity index (χ2n) is 6.13. The van der Waals surface area contributed by atoms with Gasteiger partial charge in [-0.25, -0.2) is 18.1 Å². The molecule has 158 valence electrons. The number of nitrogens with zero attached hydrogens (tertiary/aromatic N) is 1. The van der Waals surface area contributed by atoms with Crippen molar-refractivity contribution < 1.29 is 22.7 Å². The highest BCUT2D eigenvalue weighted by Crippen LogP contribution is 2.29. The number of benzene rings is 2. The van der Waals surface area contributed by atoms with Gasteiger partial charge in [-0.3, -0.25) is 4.79 Å². The van der Waals surface area contributed by atoms with Crippen molar-refractivity contribution in [3.05, 3.63) is 54.0 Å². The number of methoxy groups -OCH3 is 2. The summed E-state index contributed by atoms with van der Waals surface area (Å²) in [5.41, 5.74) is 1.59. The van der Waals surface area contributed by atoms with Gasteiger partial charge in [0, 0.05) is 41.9 Å². The maximum Gasteiger partial charge on any atom is 0.240 e. The first-order chi connectivity index (χ1) is 14.4. The van der Waals surface area contributed by atoms with Crippen molar-refractivity contribution in [2.24, 2.45) is 0 Å². The lowest BCUT2D eigenvalue weighted by Gasteiger charge is -2.11. The van der Waals surface area contributed by atoms with Gasteiger partial charge in [-0.15, -0.1) is 11.3 Å². The van der Waals surface area contributed by atoms with E-state index in [4.69, 9.17) is 9.47 Å². The van der Waals surface area contributed by atoms with E-state index in [9.17, 15) is 13.2 Å². The molecule has 0 spiro atoms. The van der Waals surface area contributed by atoms with Crippen molar-refractivity contribution >= 4 is 33.0 Å². The van der Waals surface area contributed by atoms with E-state index in [1.165, 1.54) is 43.8 Å². The van der Waals surface area contributed by atoms with Gasteiger partial charge in [0.25, 0.3) is 0 Å². The Kier molecular flexibility index (Phi) is 7.03. The van der Waals surface area contributed by atoms with Crippen LogP contribution in [0, 0.1) is 0 Å². The maximum absolute atomic E-state index is 12.4. The fraction of sp³-hybridized carbons (Fsp3) is 0.200. The molecule has 0 unspecified atom stereocenters. The van der Waals surface area contributed by atoms with Crippen LogP contribution in [-0.2, 0) is 14.8 Å². The van der Waals surface area contributed by atoms with Gasteiger partial charge < -0.3 is 14.8 Å². The molecule has 0 bridgehead atoms. The summed E-state index contributed by atoms with van der Waals surface area (Å²) >= 11 is 1.53. The number of carbonyl (C=O) groups excluding carboxylic acids is 1. The van der Waals surface area contributed by atoms with Gasteiger partial charge >= 0.3 is 0 Å². The molecular formula is C20H21N3O5S2. The molecule has 0 radical (unpaired) electrons. The van der Waals surface area contributed by atoms with E-state index < -0.39 is 10.0 Å². The van der Waals surface area contributed by atoms with E-state index in [1.54, 1.807) is 18.3 Å². The van der Waals surface area contributed by atoms with Crippen LogP contribution in [-0.4, -0.2) is 40.1 Å². The minimum Gasteiger partial charge on any atom is -0.493 e. The average molecular weight is 448 g/mol. The van der Waals surface area contributed by atoms with Crippen LogP contribution >= 0.6 is 11.3 Å². The second-order valence-corrected chi connectivity index (χ2v) is 8.79. The molecule has 0 fully saturated rings. The van der Waals surface area contributed by atoms with Crippen molar-refractivity contribution in [3.8, 4) is 22.1 Å². The summed E-state index contributed by atoms with van der Waals surface area (Å²) in [4.78, 5) is 16.4. The molecule has 0 atom stereocenters. The van der Waals surface area contributed by atoms with Gasteiger partial charge in [-0.05, 0) is 36.4 Å². The molecule has 0 saturated carbocycles. The van der Waals surface area contributed by atoms with Crippen LogP contribution < -0.4 is 19.5 Å².